The molecule has 0 bridgehead atoms. The number of rotatable bonds is 5. The largest absolute Gasteiger partial charge is 0.515 e. The maximum atomic E-state index is 9.05. The van der Waals surface area contributed by atoms with E-state index in [4.69, 9.17) is 32.5 Å². The zero-order valence-corrected chi connectivity index (χ0v) is 21.7. The van der Waals surface area contributed by atoms with Gasteiger partial charge in [-0.15, -0.1) is 0 Å². The number of hydrogen-bond acceptors (Lipinski definition) is 10. The Balaban J connectivity index is -0.000000163. The Morgan fingerprint density at radius 3 is 1.22 bits per heavy atom. The van der Waals surface area contributed by atoms with Gasteiger partial charge in [-0.3, -0.25) is 4.98 Å². The Hall–Kier alpha value is -2.55. The molecule has 1 aromatic heterocycles. The van der Waals surface area contributed by atoms with Crippen molar-refractivity contribution in [3.8, 4) is 0 Å². The molecule has 0 aliphatic heterocycles. The van der Waals surface area contributed by atoms with E-state index in [1.54, 1.807) is 12.4 Å². The van der Waals surface area contributed by atoms with Gasteiger partial charge in [-0.2, -0.15) is 0 Å². The van der Waals surface area contributed by atoms with Crippen LogP contribution in [0.5, 0.6) is 0 Å². The Morgan fingerprint density at radius 2 is 1.12 bits per heavy atom. The van der Waals surface area contributed by atoms with E-state index >= 15 is 0 Å². The van der Waals surface area contributed by atoms with Gasteiger partial charge in [0.05, 0.1) is 0 Å². The summed E-state index contributed by atoms with van der Waals surface area (Å²) in [6.45, 7) is 17.9. The van der Waals surface area contributed by atoms with Crippen LogP contribution >= 0.6 is 0 Å². The third-order valence-corrected chi connectivity index (χ3v) is 4.90. The molecule has 0 aromatic carbocycles. The van der Waals surface area contributed by atoms with Gasteiger partial charge in [0.1, 0.15) is 22.8 Å². The van der Waals surface area contributed by atoms with Gasteiger partial charge in [0.2, 0.25) is 0 Å². The Bertz CT molecular complexity index is 617. The molecule has 12 heteroatoms. The summed E-state index contributed by atoms with van der Waals surface area (Å²) in [7, 11) is -1.10. The van der Waals surface area contributed by atoms with Crippen molar-refractivity contribution in [2.24, 2.45) is 20.6 Å². The molecule has 0 saturated carbocycles. The predicted octanol–water partition coefficient (Wildman–Crippen LogP) is 4.13. The van der Waals surface area contributed by atoms with Crippen molar-refractivity contribution in [2.45, 2.75) is 59.5 Å². The average Bonchev–Trinajstić information content (AvgIpc) is 2.77. The van der Waals surface area contributed by atoms with Gasteiger partial charge in [0.15, 0.2) is 0 Å². The van der Waals surface area contributed by atoms with Crippen molar-refractivity contribution in [1.29, 1.82) is 0 Å². The van der Waals surface area contributed by atoms with Gasteiger partial charge < -0.3 is 32.5 Å². The molecule has 10 nitrogen and oxygen atoms in total. The molecule has 0 unspecified atom stereocenters. The van der Waals surface area contributed by atoms with Crippen LogP contribution in [0.4, 0.5) is 0 Å². The topological polar surface area (TPSA) is 163 Å². The number of pyridine rings is 1. The van der Waals surface area contributed by atoms with Crippen molar-refractivity contribution in [1.82, 2.24) is 4.98 Å². The summed E-state index contributed by atoms with van der Waals surface area (Å²) in [6.07, 6.45) is 4.47. The number of hydrogen-bond donors (Lipinski definition) is 5. The Morgan fingerprint density at radius 1 is 0.812 bits per heavy atom. The molecule has 32 heavy (non-hydrogen) atoms. The second kappa shape index (κ2) is 23.1. The molecular formula is C20H36CoN5O5Si-. The molecule has 1 atom stereocenters. The average molecular weight is 514 g/mol. The molecule has 1 aromatic rings. The van der Waals surface area contributed by atoms with Crippen LogP contribution in [-0.4, -0.2) is 67.9 Å². The quantitative estimate of drug-likeness (QED) is 0.131. The minimum atomic E-state index is -1.10. The first-order chi connectivity index (χ1) is 14.4. The van der Waals surface area contributed by atoms with Gasteiger partial charge >= 0.3 is 0 Å². The zero-order chi connectivity index (χ0) is 24.9. The molecule has 0 aliphatic rings. The van der Waals surface area contributed by atoms with Crippen LogP contribution in [0.3, 0.4) is 0 Å². The Labute approximate surface area is 202 Å². The van der Waals surface area contributed by atoms with E-state index < -0.39 is 14.2 Å². The summed E-state index contributed by atoms with van der Waals surface area (Å²) in [4.78, 5) is 3.78. The predicted molar refractivity (Wildman–Crippen MR) is 127 cm³/mol. The minimum Gasteiger partial charge on any atom is -0.515 e. The second-order valence-electron chi connectivity index (χ2n) is 7.29. The van der Waals surface area contributed by atoms with Crippen LogP contribution in [0.2, 0.25) is 25.7 Å². The van der Waals surface area contributed by atoms with E-state index in [0.29, 0.717) is 22.8 Å². The van der Waals surface area contributed by atoms with Crippen molar-refractivity contribution in [2.75, 3.05) is 0 Å². The minimum absolute atomic E-state index is 0. The van der Waals surface area contributed by atoms with Crippen molar-refractivity contribution in [3.05, 3.63) is 43.2 Å². The normalized spacial score (nSPS) is 12.9. The van der Waals surface area contributed by atoms with Gasteiger partial charge in [-0.25, -0.2) is 6.08 Å². The standard InChI is InChI=1S/C7H15OSi.C5H5N.2C4H8N2O2.Co/c1-5-7(8)6-9(2,3)4;1-2-4-6-5-3-1;2*1-3(5-7)4(2)6-8;/h1,5,7-8H,6H2,2-4H3;1-5H;2*7-8H,1-2H3;/q-1;;;;/b;;2*5-3+,6-4+;/t7-;;;;/m1..../s1. The van der Waals surface area contributed by atoms with E-state index in [0.717, 1.165) is 6.04 Å². The SMILES string of the molecule is CC(=N\O)/C(C)=N/O.CC(=N\O)/C(C)=N/O.[CH-]=C[C@@H](O)C[Si](C)(C)C.[Co].c1ccncc1. The molecular weight excluding hydrogens is 477 g/mol. The second-order valence-corrected chi connectivity index (χ2v) is 12.8. The fourth-order valence-electron chi connectivity index (χ4n) is 1.30. The smallest absolute Gasteiger partial charge is 0.101 e. The summed E-state index contributed by atoms with van der Waals surface area (Å²) in [5, 5.41) is 52.3. The molecule has 0 aliphatic carbocycles. The fraction of sp³-hybridized carbons (Fsp3) is 0.450. The van der Waals surface area contributed by atoms with Crippen molar-refractivity contribution >= 4 is 30.9 Å². The number of aromatic nitrogens is 1. The summed E-state index contributed by atoms with van der Waals surface area (Å²) in [5.74, 6) is 0. The van der Waals surface area contributed by atoms with Gasteiger partial charge in [-0.05, 0) is 45.9 Å². The van der Waals surface area contributed by atoms with Gasteiger partial charge in [-0.1, -0.05) is 46.3 Å². The molecule has 5 N–H and O–H groups in total. The number of aliphatic hydroxyl groups excluding tert-OH is 1. The third-order valence-electron chi connectivity index (χ3n) is 3.26. The van der Waals surface area contributed by atoms with Gasteiger partial charge in [0, 0.05) is 43.4 Å². The zero-order valence-electron chi connectivity index (χ0n) is 19.6. The van der Waals surface area contributed by atoms with Crippen LogP contribution in [0.25, 0.3) is 0 Å². The number of oxime groups is 4. The van der Waals surface area contributed by atoms with E-state index in [1.807, 2.05) is 18.2 Å². The summed E-state index contributed by atoms with van der Waals surface area (Å²) >= 11 is 0. The molecule has 0 saturated heterocycles. The van der Waals surface area contributed by atoms with E-state index in [1.165, 1.54) is 33.8 Å². The first-order valence-electron chi connectivity index (χ1n) is 9.23. The van der Waals surface area contributed by atoms with Crippen LogP contribution < -0.4 is 0 Å². The molecule has 1 rings (SSSR count). The molecule has 1 radical (unpaired) electrons. The van der Waals surface area contributed by atoms with E-state index in [9.17, 15) is 0 Å². The summed E-state index contributed by atoms with van der Waals surface area (Å²) in [6, 6.07) is 6.58. The number of nitrogens with zero attached hydrogens (tertiary/aromatic N) is 5. The first kappa shape index (κ1) is 36.8. The van der Waals surface area contributed by atoms with E-state index in [2.05, 4.69) is 45.2 Å². The molecule has 0 fully saturated rings. The molecule has 0 spiro atoms. The maximum Gasteiger partial charge on any atom is 0.101 e. The van der Waals surface area contributed by atoms with Crippen LogP contribution in [-0.2, 0) is 16.8 Å². The Kier molecular flexibility index (Phi) is 26.6. The van der Waals surface area contributed by atoms with Crippen LogP contribution in [0.15, 0.2) is 57.3 Å². The first-order valence-corrected chi connectivity index (χ1v) is 12.9. The van der Waals surface area contributed by atoms with E-state index in [-0.39, 0.29) is 16.8 Å². The van der Waals surface area contributed by atoms with Crippen molar-refractivity contribution < 1.29 is 42.7 Å². The molecule has 1 heterocycles. The van der Waals surface area contributed by atoms with Gasteiger partial charge in [0.25, 0.3) is 0 Å². The van der Waals surface area contributed by atoms with Crippen LogP contribution in [0.1, 0.15) is 27.7 Å². The number of aliphatic hydroxyl groups is 1. The molecule has 0 amide bonds. The maximum absolute atomic E-state index is 9.05. The van der Waals surface area contributed by atoms with Crippen LogP contribution in [0, 0.1) is 6.58 Å². The molecule has 185 valence electrons. The summed E-state index contributed by atoms with van der Waals surface area (Å²) in [5.41, 5.74) is 1.25. The fourth-order valence-corrected chi connectivity index (χ4v) is 2.69. The summed E-state index contributed by atoms with van der Waals surface area (Å²) < 4.78 is 0. The van der Waals surface area contributed by atoms with Crippen molar-refractivity contribution in [3.63, 3.8) is 0 Å². The third kappa shape index (κ3) is 27.5. The monoisotopic (exact) mass is 513 g/mol.